The number of carbonyl (C=O) groups is 1. The monoisotopic (exact) mass is 194 g/mol. The third-order valence-corrected chi connectivity index (χ3v) is 1.88. The predicted octanol–water partition coefficient (Wildman–Crippen LogP) is 2.62. The number of hydrogen-bond acceptors (Lipinski definition) is 2. The highest BCUT2D eigenvalue weighted by molar-refractivity contribution is 5.77. The summed E-state index contributed by atoms with van der Waals surface area (Å²) < 4.78 is 30.2. The van der Waals surface area contributed by atoms with Gasteiger partial charge in [0.15, 0.2) is 0 Å². The first-order chi connectivity index (χ1) is 5.94. The van der Waals surface area contributed by atoms with Crippen LogP contribution in [0, 0.1) is 5.92 Å². The van der Waals surface area contributed by atoms with Gasteiger partial charge in [0.2, 0.25) is 0 Å². The lowest BCUT2D eigenvalue weighted by atomic mass is 10.0. The average molecular weight is 194 g/mol. The molecule has 0 aliphatic rings. The van der Waals surface area contributed by atoms with E-state index in [0.717, 1.165) is 0 Å². The summed E-state index contributed by atoms with van der Waals surface area (Å²) in [4.78, 5) is 10.7. The summed E-state index contributed by atoms with van der Waals surface area (Å²) in [6.07, 6.45) is 0.206. The molecular weight excluding hydrogens is 178 g/mol. The summed E-state index contributed by atoms with van der Waals surface area (Å²) in [5.41, 5.74) is 0. The van der Waals surface area contributed by atoms with Crippen LogP contribution in [-0.2, 0) is 9.53 Å². The van der Waals surface area contributed by atoms with Crippen molar-refractivity contribution >= 4 is 5.97 Å². The zero-order valence-electron chi connectivity index (χ0n) is 8.27. The number of halogens is 2. The summed E-state index contributed by atoms with van der Waals surface area (Å²) in [5, 5.41) is 0. The Bertz CT molecular complexity index is 169. The van der Waals surface area contributed by atoms with Gasteiger partial charge in [-0.2, -0.15) is 8.78 Å². The van der Waals surface area contributed by atoms with Crippen molar-refractivity contribution < 1.29 is 18.3 Å². The largest absolute Gasteiger partial charge is 0.462 e. The molecule has 0 radical (unpaired) electrons. The van der Waals surface area contributed by atoms with Crippen LogP contribution < -0.4 is 0 Å². The van der Waals surface area contributed by atoms with Crippen LogP contribution in [0.3, 0.4) is 0 Å². The Morgan fingerprint density at radius 3 is 2.38 bits per heavy atom. The van der Waals surface area contributed by atoms with Crippen molar-refractivity contribution in [3.63, 3.8) is 0 Å². The maximum Gasteiger partial charge on any atom is 0.376 e. The van der Waals surface area contributed by atoms with Gasteiger partial charge in [-0.15, -0.1) is 0 Å². The van der Waals surface area contributed by atoms with Crippen LogP contribution in [0.15, 0.2) is 0 Å². The fraction of sp³-hybridized carbons (Fsp3) is 0.889. The molecule has 0 fully saturated rings. The Balaban J connectivity index is 4.13. The lowest BCUT2D eigenvalue weighted by Crippen LogP contribution is -2.32. The van der Waals surface area contributed by atoms with E-state index in [9.17, 15) is 13.6 Å². The fourth-order valence-corrected chi connectivity index (χ4v) is 0.902. The SMILES string of the molecule is CCOC(=O)C(F)(F)C[C@@H](C)CC. The van der Waals surface area contributed by atoms with E-state index in [1.54, 1.807) is 6.92 Å². The molecular formula is C9H16F2O2. The first-order valence-corrected chi connectivity index (χ1v) is 4.49. The Hall–Kier alpha value is -0.670. The number of rotatable bonds is 5. The minimum Gasteiger partial charge on any atom is -0.462 e. The third kappa shape index (κ3) is 4.20. The minimum absolute atomic E-state index is 0.00503. The van der Waals surface area contributed by atoms with Crippen LogP contribution in [0.4, 0.5) is 8.78 Å². The molecule has 0 rings (SSSR count). The topological polar surface area (TPSA) is 26.3 Å². The van der Waals surface area contributed by atoms with Crippen molar-refractivity contribution in [3.8, 4) is 0 Å². The van der Waals surface area contributed by atoms with E-state index in [0.29, 0.717) is 6.42 Å². The standard InChI is InChI=1S/C9H16F2O2/c1-4-7(3)6-9(10,11)8(12)13-5-2/h7H,4-6H2,1-3H3/t7-/m0/s1. The van der Waals surface area contributed by atoms with Gasteiger partial charge in [0.25, 0.3) is 0 Å². The number of esters is 1. The second kappa shape index (κ2) is 5.14. The molecule has 78 valence electrons. The molecule has 0 saturated carbocycles. The van der Waals surface area contributed by atoms with Crippen molar-refractivity contribution in [2.75, 3.05) is 6.61 Å². The highest BCUT2D eigenvalue weighted by Gasteiger charge is 2.41. The third-order valence-electron chi connectivity index (χ3n) is 1.88. The number of carbonyl (C=O) groups excluding carboxylic acids is 1. The Morgan fingerprint density at radius 1 is 1.46 bits per heavy atom. The minimum atomic E-state index is -3.33. The predicted molar refractivity (Wildman–Crippen MR) is 45.7 cm³/mol. The Morgan fingerprint density at radius 2 is 2.00 bits per heavy atom. The van der Waals surface area contributed by atoms with Crippen molar-refractivity contribution in [1.29, 1.82) is 0 Å². The summed E-state index contributed by atoms with van der Waals surface area (Å²) >= 11 is 0. The quantitative estimate of drug-likeness (QED) is 0.629. The van der Waals surface area contributed by atoms with Crippen LogP contribution in [0.25, 0.3) is 0 Å². The molecule has 0 aromatic carbocycles. The van der Waals surface area contributed by atoms with Gasteiger partial charge in [-0.3, -0.25) is 0 Å². The van der Waals surface area contributed by atoms with Crippen LogP contribution in [0.5, 0.6) is 0 Å². The Labute approximate surface area is 77.3 Å². The van der Waals surface area contributed by atoms with E-state index in [2.05, 4.69) is 4.74 Å². The van der Waals surface area contributed by atoms with Crippen molar-refractivity contribution in [3.05, 3.63) is 0 Å². The molecule has 0 aromatic rings. The van der Waals surface area contributed by atoms with Crippen molar-refractivity contribution in [2.45, 2.75) is 39.5 Å². The number of alkyl halides is 2. The van der Waals surface area contributed by atoms with Gasteiger partial charge in [0, 0.05) is 6.42 Å². The van der Waals surface area contributed by atoms with Crippen LogP contribution in [0.2, 0.25) is 0 Å². The maximum absolute atomic E-state index is 13.0. The molecule has 0 heterocycles. The summed E-state index contributed by atoms with van der Waals surface area (Å²) in [6, 6.07) is 0. The lowest BCUT2D eigenvalue weighted by molar-refractivity contribution is -0.173. The summed E-state index contributed by atoms with van der Waals surface area (Å²) in [5.74, 6) is -4.90. The van der Waals surface area contributed by atoms with E-state index in [1.807, 2.05) is 6.92 Å². The molecule has 13 heavy (non-hydrogen) atoms. The summed E-state index contributed by atoms with van der Waals surface area (Å²) in [6.45, 7) is 5.01. The maximum atomic E-state index is 13.0. The van der Waals surface area contributed by atoms with Crippen LogP contribution in [-0.4, -0.2) is 18.5 Å². The van der Waals surface area contributed by atoms with E-state index >= 15 is 0 Å². The molecule has 1 atom stereocenters. The van der Waals surface area contributed by atoms with Gasteiger partial charge in [-0.1, -0.05) is 20.3 Å². The van der Waals surface area contributed by atoms with Gasteiger partial charge in [0.05, 0.1) is 6.61 Å². The first kappa shape index (κ1) is 12.3. The molecule has 0 N–H and O–H groups in total. The highest BCUT2D eigenvalue weighted by atomic mass is 19.3. The van der Waals surface area contributed by atoms with E-state index < -0.39 is 18.3 Å². The highest BCUT2D eigenvalue weighted by Crippen LogP contribution is 2.26. The molecule has 0 unspecified atom stereocenters. The number of hydrogen-bond donors (Lipinski definition) is 0. The van der Waals surface area contributed by atoms with Crippen molar-refractivity contribution in [1.82, 2.24) is 0 Å². The summed E-state index contributed by atoms with van der Waals surface area (Å²) in [7, 11) is 0. The van der Waals surface area contributed by atoms with Crippen LogP contribution >= 0.6 is 0 Å². The van der Waals surface area contributed by atoms with E-state index in [4.69, 9.17) is 0 Å². The normalized spacial score (nSPS) is 13.9. The molecule has 0 bridgehead atoms. The molecule has 2 nitrogen and oxygen atoms in total. The van der Waals surface area contributed by atoms with Gasteiger partial charge >= 0.3 is 11.9 Å². The zero-order valence-corrected chi connectivity index (χ0v) is 8.27. The second-order valence-electron chi connectivity index (χ2n) is 3.14. The van der Waals surface area contributed by atoms with Crippen LogP contribution in [0.1, 0.15) is 33.6 Å². The van der Waals surface area contributed by atoms with Gasteiger partial charge in [0.1, 0.15) is 0 Å². The molecule has 0 amide bonds. The molecule has 0 aromatic heterocycles. The molecule has 0 spiro atoms. The molecule has 0 aliphatic carbocycles. The smallest absolute Gasteiger partial charge is 0.376 e. The number of ether oxygens (including phenoxy) is 1. The fourth-order valence-electron chi connectivity index (χ4n) is 0.902. The first-order valence-electron chi connectivity index (χ1n) is 4.49. The molecule has 0 saturated heterocycles. The van der Waals surface area contributed by atoms with Crippen molar-refractivity contribution in [2.24, 2.45) is 5.92 Å². The molecule has 0 aliphatic heterocycles. The van der Waals surface area contributed by atoms with E-state index in [1.165, 1.54) is 6.92 Å². The van der Waals surface area contributed by atoms with Gasteiger partial charge in [-0.05, 0) is 12.8 Å². The van der Waals surface area contributed by atoms with Gasteiger partial charge in [-0.25, -0.2) is 4.79 Å². The second-order valence-corrected chi connectivity index (χ2v) is 3.14. The van der Waals surface area contributed by atoms with Gasteiger partial charge < -0.3 is 4.74 Å². The van der Waals surface area contributed by atoms with E-state index in [-0.39, 0.29) is 12.5 Å². The zero-order chi connectivity index (χ0) is 10.5. The average Bonchev–Trinajstić information content (AvgIpc) is 2.04. The Kier molecular flexibility index (Phi) is 4.88. The molecule has 4 heteroatoms. The lowest BCUT2D eigenvalue weighted by Gasteiger charge is -2.17.